The summed E-state index contributed by atoms with van der Waals surface area (Å²) in [5.41, 5.74) is 2.35. The van der Waals surface area contributed by atoms with Crippen LogP contribution in [0.5, 0.6) is 0 Å². The normalized spacial score (nSPS) is 11.0. The number of amides is 1. The van der Waals surface area contributed by atoms with Crippen molar-refractivity contribution in [3.8, 4) is 11.3 Å². The highest BCUT2D eigenvalue weighted by atomic mass is 35.5. The van der Waals surface area contributed by atoms with Gasteiger partial charge in [-0.25, -0.2) is 18.9 Å². The van der Waals surface area contributed by atoms with Gasteiger partial charge in [0.25, 0.3) is 0 Å². The molecule has 4 aromatic rings. The van der Waals surface area contributed by atoms with Crippen LogP contribution < -0.4 is 11.0 Å². The van der Waals surface area contributed by atoms with Crippen molar-refractivity contribution in [1.29, 1.82) is 0 Å². The van der Waals surface area contributed by atoms with Crippen molar-refractivity contribution in [2.24, 2.45) is 0 Å². The molecule has 4 rings (SSSR count). The fourth-order valence-electron chi connectivity index (χ4n) is 3.00. The molecule has 1 N–H and O–H groups in total. The molecule has 0 fully saturated rings. The third-order valence-corrected chi connectivity index (χ3v) is 4.81. The van der Waals surface area contributed by atoms with Gasteiger partial charge in [-0.15, -0.1) is 5.10 Å². The monoisotopic (exact) mass is 408 g/mol. The molecule has 0 aliphatic carbocycles. The van der Waals surface area contributed by atoms with Gasteiger partial charge in [0.05, 0.1) is 5.69 Å². The number of aryl methyl sites for hydroxylation is 1. The van der Waals surface area contributed by atoms with Gasteiger partial charge in [-0.05, 0) is 30.7 Å². The summed E-state index contributed by atoms with van der Waals surface area (Å²) in [6.45, 7) is 1.80. The zero-order valence-corrected chi connectivity index (χ0v) is 16.3. The molecule has 3 aromatic heterocycles. The lowest BCUT2D eigenvalue weighted by molar-refractivity contribution is -0.122. The molecule has 146 valence electrons. The fraction of sp³-hybridized carbons (Fsp3) is 0.150. The topological polar surface area (TPSA) is 94.2 Å². The highest BCUT2D eigenvalue weighted by Crippen LogP contribution is 2.17. The van der Waals surface area contributed by atoms with Gasteiger partial charge in [-0.1, -0.05) is 29.8 Å². The molecule has 1 aromatic carbocycles. The number of rotatable bonds is 5. The van der Waals surface area contributed by atoms with E-state index in [1.807, 2.05) is 30.3 Å². The molecule has 8 nitrogen and oxygen atoms in total. The van der Waals surface area contributed by atoms with Gasteiger partial charge in [0.1, 0.15) is 12.4 Å². The van der Waals surface area contributed by atoms with Gasteiger partial charge in [-0.2, -0.15) is 0 Å². The van der Waals surface area contributed by atoms with Crippen molar-refractivity contribution >= 4 is 23.2 Å². The van der Waals surface area contributed by atoms with Crippen LogP contribution in [0.3, 0.4) is 0 Å². The minimum atomic E-state index is -0.417. The maximum atomic E-state index is 12.7. The van der Waals surface area contributed by atoms with E-state index in [9.17, 15) is 9.59 Å². The van der Waals surface area contributed by atoms with Crippen LogP contribution in [0.1, 0.15) is 11.4 Å². The Morgan fingerprint density at radius 1 is 1.17 bits per heavy atom. The molecule has 0 aliphatic heterocycles. The van der Waals surface area contributed by atoms with Gasteiger partial charge >= 0.3 is 5.69 Å². The second-order valence-electron chi connectivity index (χ2n) is 6.43. The summed E-state index contributed by atoms with van der Waals surface area (Å²) in [6, 6.07) is 12.6. The number of nitrogens with one attached hydrogen (secondary N) is 1. The Morgan fingerprint density at radius 2 is 1.93 bits per heavy atom. The van der Waals surface area contributed by atoms with E-state index in [4.69, 9.17) is 11.6 Å². The summed E-state index contributed by atoms with van der Waals surface area (Å²) < 4.78 is 2.51. The second-order valence-corrected chi connectivity index (χ2v) is 6.83. The van der Waals surface area contributed by atoms with Crippen molar-refractivity contribution < 1.29 is 4.79 Å². The van der Waals surface area contributed by atoms with Crippen LogP contribution in [0, 0.1) is 6.92 Å². The molecule has 9 heteroatoms. The zero-order chi connectivity index (χ0) is 20.4. The summed E-state index contributed by atoms with van der Waals surface area (Å²) in [4.78, 5) is 33.5. The first-order valence-electron chi connectivity index (χ1n) is 8.90. The summed E-state index contributed by atoms with van der Waals surface area (Å²) in [6.07, 6.45) is 3.34. The number of halogens is 1. The Bertz CT molecular complexity index is 1250. The Kier molecular flexibility index (Phi) is 5.09. The molecule has 3 heterocycles. The summed E-state index contributed by atoms with van der Waals surface area (Å²) in [7, 11) is 0. The fourth-order valence-corrected chi connectivity index (χ4v) is 3.20. The van der Waals surface area contributed by atoms with Crippen LogP contribution in [0.4, 0.5) is 0 Å². The van der Waals surface area contributed by atoms with E-state index in [2.05, 4.69) is 20.4 Å². The van der Waals surface area contributed by atoms with E-state index in [-0.39, 0.29) is 19.0 Å². The van der Waals surface area contributed by atoms with Crippen molar-refractivity contribution in [2.75, 3.05) is 0 Å². The smallest absolute Gasteiger partial charge is 0.350 e. The Labute approximate surface area is 170 Å². The number of hydrogen-bond acceptors (Lipinski definition) is 5. The maximum absolute atomic E-state index is 12.7. The van der Waals surface area contributed by atoms with Crippen molar-refractivity contribution in [3.05, 3.63) is 81.8 Å². The number of hydrogen-bond donors (Lipinski definition) is 1. The van der Waals surface area contributed by atoms with Gasteiger partial charge in [0, 0.05) is 35.6 Å². The quantitative estimate of drug-likeness (QED) is 0.546. The number of nitrogens with zero attached hydrogens (tertiary/aromatic N) is 5. The number of aromatic nitrogens is 5. The lowest BCUT2D eigenvalue weighted by Gasteiger charge is -2.06. The molecule has 29 heavy (non-hydrogen) atoms. The van der Waals surface area contributed by atoms with Gasteiger partial charge in [0.2, 0.25) is 5.91 Å². The molecule has 0 saturated carbocycles. The number of fused-ring (bicyclic) bond motifs is 1. The largest absolute Gasteiger partial charge is 0.352 e. The van der Waals surface area contributed by atoms with Crippen LogP contribution >= 0.6 is 11.6 Å². The van der Waals surface area contributed by atoms with Gasteiger partial charge in [0.15, 0.2) is 5.65 Å². The van der Waals surface area contributed by atoms with E-state index in [0.29, 0.717) is 22.2 Å². The first-order chi connectivity index (χ1) is 14.0. The number of carbonyl (C=O) groups excluding carboxylic acids is 1. The summed E-state index contributed by atoms with van der Waals surface area (Å²) in [5.74, 6) is 0.150. The molecule has 0 bridgehead atoms. The highest BCUT2D eigenvalue weighted by molar-refractivity contribution is 6.31. The molecular weight excluding hydrogens is 392 g/mol. The minimum absolute atomic E-state index is 0.199. The molecule has 0 aliphatic rings. The number of benzene rings is 1. The standard InChI is InChI=1S/C20H17ClN6O2/c1-13-24-17(14-6-8-22-9-7-14)10-18-25-26(20(29)27(13)18)12-19(28)23-11-15-4-2-3-5-16(15)21/h2-10H,11-12H2,1H3,(H,23,28). The van der Waals surface area contributed by atoms with Crippen LogP contribution in [0.25, 0.3) is 16.9 Å². The van der Waals surface area contributed by atoms with Crippen LogP contribution in [0.15, 0.2) is 59.7 Å². The molecule has 0 radical (unpaired) electrons. The average molecular weight is 409 g/mol. The highest BCUT2D eigenvalue weighted by Gasteiger charge is 2.15. The van der Waals surface area contributed by atoms with Crippen molar-refractivity contribution in [1.82, 2.24) is 29.5 Å². The third kappa shape index (κ3) is 3.88. The number of pyridine rings is 1. The lowest BCUT2D eigenvalue weighted by atomic mass is 10.2. The molecule has 0 unspecified atom stereocenters. The second kappa shape index (κ2) is 7.84. The molecule has 0 atom stereocenters. The Balaban J connectivity index is 1.57. The molecule has 0 spiro atoms. The molecule has 1 amide bonds. The van der Waals surface area contributed by atoms with Crippen molar-refractivity contribution in [3.63, 3.8) is 0 Å². The van der Waals surface area contributed by atoms with E-state index < -0.39 is 5.69 Å². The van der Waals surface area contributed by atoms with E-state index >= 15 is 0 Å². The lowest BCUT2D eigenvalue weighted by Crippen LogP contribution is -2.32. The van der Waals surface area contributed by atoms with Crippen LogP contribution in [-0.2, 0) is 17.9 Å². The van der Waals surface area contributed by atoms with Gasteiger partial charge < -0.3 is 5.32 Å². The maximum Gasteiger partial charge on any atom is 0.352 e. The average Bonchev–Trinajstić information content (AvgIpc) is 3.03. The Hall–Kier alpha value is -3.52. The van der Waals surface area contributed by atoms with E-state index in [1.165, 1.54) is 4.40 Å². The zero-order valence-electron chi connectivity index (χ0n) is 15.5. The number of carbonyl (C=O) groups is 1. The predicted octanol–water partition coefficient (Wildman–Crippen LogP) is 2.23. The first kappa shape index (κ1) is 18.8. The Morgan fingerprint density at radius 3 is 2.69 bits per heavy atom. The predicted molar refractivity (Wildman–Crippen MR) is 109 cm³/mol. The SMILES string of the molecule is Cc1nc(-c2ccncc2)cc2nn(CC(=O)NCc3ccccc3Cl)c(=O)n12. The van der Waals surface area contributed by atoms with E-state index in [0.717, 1.165) is 15.8 Å². The first-order valence-corrected chi connectivity index (χ1v) is 9.28. The third-order valence-electron chi connectivity index (χ3n) is 4.44. The molecule has 0 saturated heterocycles. The summed E-state index contributed by atoms with van der Waals surface area (Å²) in [5, 5.41) is 7.63. The van der Waals surface area contributed by atoms with Gasteiger partial charge in [-0.3, -0.25) is 9.78 Å². The van der Waals surface area contributed by atoms with Crippen molar-refractivity contribution in [2.45, 2.75) is 20.0 Å². The molecular formula is C20H17ClN6O2. The minimum Gasteiger partial charge on any atom is -0.350 e. The van der Waals surface area contributed by atoms with Crippen LogP contribution in [-0.4, -0.2) is 30.1 Å². The van der Waals surface area contributed by atoms with Crippen LogP contribution in [0.2, 0.25) is 5.02 Å². The van der Waals surface area contributed by atoms with E-state index in [1.54, 1.807) is 31.5 Å². The summed E-state index contributed by atoms with van der Waals surface area (Å²) >= 11 is 6.10.